The summed E-state index contributed by atoms with van der Waals surface area (Å²) in [4.78, 5) is 25.2. The quantitative estimate of drug-likeness (QED) is 0.672. The molecule has 0 atom stereocenters. The second kappa shape index (κ2) is 7.59. The summed E-state index contributed by atoms with van der Waals surface area (Å²) in [6, 6.07) is 0. The van der Waals surface area contributed by atoms with E-state index in [0.29, 0.717) is 24.7 Å². The third-order valence-corrected chi connectivity index (χ3v) is 5.98. The highest BCUT2D eigenvalue weighted by molar-refractivity contribution is 5.99. The third-order valence-electron chi connectivity index (χ3n) is 5.98. The SMILES string of the molecule is CC1(C)CC(CC(=O)CC(=O)CC2CC(C)(C)NC(C)(C)C2)CC(C)(C)N1. The highest BCUT2D eigenvalue weighted by atomic mass is 16.1. The van der Waals surface area contributed by atoms with Crippen LogP contribution in [-0.4, -0.2) is 33.7 Å². The van der Waals surface area contributed by atoms with E-state index in [-0.39, 0.29) is 40.1 Å². The lowest BCUT2D eigenvalue weighted by Gasteiger charge is -2.46. The zero-order valence-electron chi connectivity index (χ0n) is 18.9. The van der Waals surface area contributed by atoms with Crippen molar-refractivity contribution >= 4 is 11.6 Å². The van der Waals surface area contributed by atoms with Gasteiger partial charge in [0.15, 0.2) is 0 Å². The van der Waals surface area contributed by atoms with Gasteiger partial charge in [0.25, 0.3) is 0 Å². The Hall–Kier alpha value is -0.740. The summed E-state index contributed by atoms with van der Waals surface area (Å²) in [5.74, 6) is 0.999. The van der Waals surface area contributed by atoms with Crippen LogP contribution >= 0.6 is 0 Å². The Morgan fingerprint density at radius 1 is 0.630 bits per heavy atom. The molecular formula is C23H42N2O2. The van der Waals surface area contributed by atoms with Crippen molar-refractivity contribution in [3.63, 3.8) is 0 Å². The first kappa shape index (κ1) is 22.5. The number of carbonyl (C=O) groups is 2. The molecule has 0 amide bonds. The molecule has 2 saturated heterocycles. The van der Waals surface area contributed by atoms with E-state index in [1.165, 1.54) is 0 Å². The predicted molar refractivity (Wildman–Crippen MR) is 112 cm³/mol. The van der Waals surface area contributed by atoms with Gasteiger partial charge in [-0.05, 0) is 92.9 Å². The highest BCUT2D eigenvalue weighted by Gasteiger charge is 2.40. The summed E-state index contributed by atoms with van der Waals surface area (Å²) in [5.41, 5.74) is 0.178. The molecule has 2 aliphatic rings. The Balaban J connectivity index is 1.86. The lowest BCUT2D eigenvalue weighted by Crippen LogP contribution is -2.58. The summed E-state index contributed by atoms with van der Waals surface area (Å²) in [6.45, 7) is 17.6. The van der Waals surface area contributed by atoms with Crippen LogP contribution in [0.3, 0.4) is 0 Å². The monoisotopic (exact) mass is 378 g/mol. The largest absolute Gasteiger partial charge is 0.307 e. The van der Waals surface area contributed by atoms with Crippen LogP contribution in [0.15, 0.2) is 0 Å². The Kier molecular flexibility index (Phi) is 6.34. The van der Waals surface area contributed by atoms with E-state index in [9.17, 15) is 9.59 Å². The van der Waals surface area contributed by atoms with Gasteiger partial charge in [0.1, 0.15) is 11.6 Å². The molecule has 2 N–H and O–H groups in total. The van der Waals surface area contributed by atoms with Crippen LogP contribution in [0, 0.1) is 11.8 Å². The molecule has 0 aromatic rings. The molecule has 0 aromatic heterocycles. The number of hydrogen-bond donors (Lipinski definition) is 2. The van der Waals surface area contributed by atoms with Gasteiger partial charge < -0.3 is 10.6 Å². The molecule has 4 nitrogen and oxygen atoms in total. The summed E-state index contributed by atoms with van der Waals surface area (Å²) in [6.07, 6.45) is 5.18. The van der Waals surface area contributed by atoms with Gasteiger partial charge >= 0.3 is 0 Å². The fourth-order valence-corrected chi connectivity index (χ4v) is 6.36. The number of hydrogen-bond acceptors (Lipinski definition) is 4. The van der Waals surface area contributed by atoms with Crippen LogP contribution in [0.2, 0.25) is 0 Å². The average Bonchev–Trinajstić information content (AvgIpc) is 2.28. The Morgan fingerprint density at radius 3 is 1.15 bits per heavy atom. The Labute approximate surface area is 166 Å². The minimum atomic E-state index is 0.0446. The summed E-state index contributed by atoms with van der Waals surface area (Å²) in [7, 11) is 0. The summed E-state index contributed by atoms with van der Waals surface area (Å²) >= 11 is 0. The van der Waals surface area contributed by atoms with Gasteiger partial charge in [-0.15, -0.1) is 0 Å². The predicted octanol–water partition coefficient (Wildman–Crippen LogP) is 4.41. The lowest BCUT2D eigenvalue weighted by molar-refractivity contribution is -0.128. The molecule has 2 fully saturated rings. The molecule has 0 radical (unpaired) electrons. The van der Waals surface area contributed by atoms with Gasteiger partial charge in [-0.3, -0.25) is 9.59 Å². The van der Waals surface area contributed by atoms with E-state index >= 15 is 0 Å². The molecule has 0 saturated carbocycles. The number of rotatable bonds is 6. The second-order valence-corrected chi connectivity index (χ2v) is 12.0. The first-order valence-electron chi connectivity index (χ1n) is 10.7. The van der Waals surface area contributed by atoms with Crippen LogP contribution in [0.4, 0.5) is 0 Å². The molecular weight excluding hydrogens is 336 g/mol. The van der Waals surface area contributed by atoms with Crippen molar-refractivity contribution in [3.8, 4) is 0 Å². The molecule has 2 aliphatic heterocycles. The number of nitrogens with one attached hydrogen (secondary N) is 2. The maximum absolute atomic E-state index is 12.6. The molecule has 2 rings (SSSR count). The highest BCUT2D eigenvalue weighted by Crippen LogP contribution is 2.36. The minimum Gasteiger partial charge on any atom is -0.307 e. The van der Waals surface area contributed by atoms with Gasteiger partial charge in [-0.25, -0.2) is 0 Å². The van der Waals surface area contributed by atoms with Gasteiger partial charge in [0.05, 0.1) is 6.42 Å². The maximum atomic E-state index is 12.6. The molecule has 27 heavy (non-hydrogen) atoms. The average molecular weight is 379 g/mol. The van der Waals surface area contributed by atoms with Crippen molar-refractivity contribution in [2.24, 2.45) is 11.8 Å². The number of ketones is 2. The Morgan fingerprint density at radius 2 is 0.889 bits per heavy atom. The van der Waals surface area contributed by atoms with Crippen LogP contribution in [-0.2, 0) is 9.59 Å². The van der Waals surface area contributed by atoms with Crippen LogP contribution < -0.4 is 10.6 Å². The van der Waals surface area contributed by atoms with Crippen molar-refractivity contribution in [1.29, 1.82) is 0 Å². The molecule has 0 aromatic carbocycles. The number of piperidine rings is 2. The van der Waals surface area contributed by atoms with E-state index in [2.05, 4.69) is 66.0 Å². The fraction of sp³-hybridized carbons (Fsp3) is 0.913. The normalized spacial score (nSPS) is 27.3. The number of Topliss-reactive ketones (excluding diaryl/α,β-unsaturated/α-hetero) is 2. The van der Waals surface area contributed by atoms with E-state index in [4.69, 9.17) is 0 Å². The van der Waals surface area contributed by atoms with E-state index in [1.807, 2.05) is 0 Å². The second-order valence-electron chi connectivity index (χ2n) is 12.0. The maximum Gasteiger partial charge on any atom is 0.140 e. The first-order chi connectivity index (χ1) is 12.1. The van der Waals surface area contributed by atoms with Crippen LogP contribution in [0.25, 0.3) is 0 Å². The van der Waals surface area contributed by atoms with Gasteiger partial charge in [0, 0.05) is 35.0 Å². The fourth-order valence-electron chi connectivity index (χ4n) is 6.36. The van der Waals surface area contributed by atoms with Gasteiger partial charge in [-0.1, -0.05) is 0 Å². The lowest BCUT2D eigenvalue weighted by atomic mass is 9.73. The molecule has 156 valence electrons. The van der Waals surface area contributed by atoms with Crippen molar-refractivity contribution in [3.05, 3.63) is 0 Å². The van der Waals surface area contributed by atoms with Gasteiger partial charge in [0.2, 0.25) is 0 Å². The van der Waals surface area contributed by atoms with Crippen LogP contribution in [0.1, 0.15) is 100 Å². The van der Waals surface area contributed by atoms with E-state index in [1.54, 1.807) is 0 Å². The van der Waals surface area contributed by atoms with E-state index in [0.717, 1.165) is 25.7 Å². The van der Waals surface area contributed by atoms with Gasteiger partial charge in [-0.2, -0.15) is 0 Å². The standard InChI is InChI=1S/C23H42N2O2/c1-20(2)12-16(13-21(3,4)24-20)9-18(26)11-19(27)10-17-14-22(5,6)25-23(7,8)15-17/h16-17,24-25H,9-15H2,1-8H3. The number of carbonyl (C=O) groups excluding carboxylic acids is 2. The van der Waals surface area contributed by atoms with Crippen molar-refractivity contribution in [1.82, 2.24) is 10.6 Å². The zero-order chi connectivity index (χ0) is 20.7. The smallest absolute Gasteiger partial charge is 0.140 e. The zero-order valence-corrected chi connectivity index (χ0v) is 18.9. The minimum absolute atomic E-state index is 0.0446. The molecule has 2 heterocycles. The molecule has 0 spiro atoms. The third kappa shape index (κ3) is 7.30. The molecule has 0 unspecified atom stereocenters. The van der Waals surface area contributed by atoms with Crippen LogP contribution in [0.5, 0.6) is 0 Å². The molecule has 0 aliphatic carbocycles. The summed E-state index contributed by atoms with van der Waals surface area (Å²) in [5, 5.41) is 7.32. The molecule has 4 heteroatoms. The Bertz CT molecular complexity index is 493. The van der Waals surface area contributed by atoms with Crippen molar-refractivity contribution in [2.45, 2.75) is 122 Å². The van der Waals surface area contributed by atoms with Crippen molar-refractivity contribution < 1.29 is 9.59 Å². The van der Waals surface area contributed by atoms with Crippen molar-refractivity contribution in [2.75, 3.05) is 0 Å². The summed E-state index contributed by atoms with van der Waals surface area (Å²) < 4.78 is 0. The first-order valence-corrected chi connectivity index (χ1v) is 10.7. The topological polar surface area (TPSA) is 58.2 Å². The molecule has 0 bridgehead atoms. The van der Waals surface area contributed by atoms with E-state index < -0.39 is 0 Å².